The number of halogens is 1. The Balaban J connectivity index is 1.25. The van der Waals surface area contributed by atoms with Gasteiger partial charge in [0.05, 0.1) is 29.5 Å². The molecule has 0 radical (unpaired) electrons. The number of ether oxygens (including phenoxy) is 2. The van der Waals surface area contributed by atoms with Crippen molar-refractivity contribution in [3.05, 3.63) is 0 Å². The van der Waals surface area contributed by atoms with E-state index >= 15 is 0 Å². The molecule has 1 saturated heterocycles. The quantitative estimate of drug-likeness (QED) is 0.181. The lowest BCUT2D eigenvalue weighted by Crippen LogP contribution is -2.62. The number of aliphatic hydroxyl groups excluding tert-OH is 2. The molecule has 10 heteroatoms. The number of nitrogens with one attached hydrogen (secondary N) is 1. The molecule has 1 aliphatic heterocycles. The maximum Gasteiger partial charge on any atom is 0.324 e. The number of rotatable bonds is 8. The fourth-order valence-corrected chi connectivity index (χ4v) is 13.2. The van der Waals surface area contributed by atoms with Crippen molar-refractivity contribution in [1.29, 1.82) is 0 Å². The van der Waals surface area contributed by atoms with Gasteiger partial charge in [0.25, 0.3) is 0 Å². The summed E-state index contributed by atoms with van der Waals surface area (Å²) in [5, 5.41) is 43.8. The second-order valence-corrected chi connectivity index (χ2v) is 18.1. The molecule has 1 heterocycles. The van der Waals surface area contributed by atoms with E-state index in [1.807, 2.05) is 0 Å². The average molecular weight is 654 g/mol. The molecule has 0 aromatic rings. The smallest absolute Gasteiger partial charge is 0.324 e. The normalized spacial score (nSPS) is 50.5. The van der Waals surface area contributed by atoms with Gasteiger partial charge in [-0.3, -0.25) is 9.59 Å². The van der Waals surface area contributed by atoms with Gasteiger partial charge in [0.2, 0.25) is 0 Å². The second-order valence-electron chi connectivity index (χ2n) is 17.9. The number of hydrogen-bond donors (Lipinski definition) is 5. The van der Waals surface area contributed by atoms with Crippen LogP contribution in [0.15, 0.2) is 0 Å². The molecular formula is C35H56ClNO8. The largest absolute Gasteiger partial charge is 0.481 e. The lowest BCUT2D eigenvalue weighted by molar-refractivity contribution is -0.218. The van der Waals surface area contributed by atoms with Crippen LogP contribution in [0.2, 0.25) is 0 Å². The molecule has 6 fully saturated rings. The standard InChI is InChI=1S/C35H56ClNO8/c1-29(2)23(44-28(42)19(37-36)8-9-25(40)41)11-13-35-18-34(35)15-14-31(5)27(33(7)12-10-24(45-33)30(3,4)43)21(39)17-32(31,6)22(34)16-20(38)26(29)35/h19-24,26-27,37-39,43H,8-18H2,1-7H3,(H,40,41)/t19-,20+,21+,22?,23?,24+,26+,27+,31-,32+,33-,34?,35-/m1/s1. The van der Waals surface area contributed by atoms with Gasteiger partial charge >= 0.3 is 11.9 Å². The van der Waals surface area contributed by atoms with Gasteiger partial charge in [-0.05, 0) is 130 Å². The summed E-state index contributed by atoms with van der Waals surface area (Å²) in [6.45, 7) is 14.7. The maximum atomic E-state index is 13.1. The lowest BCUT2D eigenvalue weighted by Gasteiger charge is -2.64. The first-order chi connectivity index (χ1) is 20.7. The summed E-state index contributed by atoms with van der Waals surface area (Å²) >= 11 is 5.82. The van der Waals surface area contributed by atoms with E-state index in [4.69, 9.17) is 26.4 Å². The topological polar surface area (TPSA) is 146 Å². The number of esters is 1. The van der Waals surface area contributed by atoms with E-state index in [-0.39, 0.29) is 58.4 Å². The summed E-state index contributed by atoms with van der Waals surface area (Å²) in [4.78, 5) is 26.6. The lowest BCUT2D eigenvalue weighted by atomic mass is 9.41. The zero-order chi connectivity index (χ0) is 33.2. The zero-order valence-corrected chi connectivity index (χ0v) is 29.0. The summed E-state index contributed by atoms with van der Waals surface area (Å²) in [7, 11) is 0. The third-order valence-electron chi connectivity index (χ3n) is 15.1. The van der Waals surface area contributed by atoms with Crippen LogP contribution in [0, 0.1) is 44.8 Å². The molecule has 45 heavy (non-hydrogen) atoms. The molecule has 5 saturated carbocycles. The van der Waals surface area contributed by atoms with Crippen LogP contribution >= 0.6 is 11.8 Å². The number of aliphatic carboxylic acids is 1. The Bertz CT molecular complexity index is 1220. The van der Waals surface area contributed by atoms with Gasteiger partial charge in [-0.25, -0.2) is 4.84 Å². The fourth-order valence-electron chi connectivity index (χ4n) is 13.0. The van der Waals surface area contributed by atoms with Crippen molar-refractivity contribution >= 4 is 23.7 Å². The maximum absolute atomic E-state index is 13.1. The van der Waals surface area contributed by atoms with Crippen LogP contribution in [0.4, 0.5) is 0 Å². The zero-order valence-electron chi connectivity index (χ0n) is 28.2. The Hall–Kier alpha value is -0.970. The van der Waals surface area contributed by atoms with E-state index in [0.717, 1.165) is 38.5 Å². The Kier molecular flexibility index (Phi) is 7.92. The molecule has 3 unspecified atom stereocenters. The first-order valence-electron chi connectivity index (χ1n) is 17.3. The monoisotopic (exact) mass is 653 g/mol. The number of carboxylic acids is 1. The number of carbonyl (C=O) groups excluding carboxylic acids is 1. The molecule has 0 aromatic heterocycles. The van der Waals surface area contributed by atoms with Crippen LogP contribution in [-0.4, -0.2) is 74.0 Å². The molecular weight excluding hydrogens is 598 g/mol. The van der Waals surface area contributed by atoms with Crippen molar-refractivity contribution in [3.63, 3.8) is 0 Å². The number of fused-ring (bicyclic) bond motifs is 2. The fraction of sp³-hybridized carbons (Fsp3) is 0.943. The van der Waals surface area contributed by atoms with Crippen molar-refractivity contribution in [3.8, 4) is 0 Å². The third kappa shape index (κ3) is 4.63. The summed E-state index contributed by atoms with van der Waals surface area (Å²) in [6.07, 6.45) is 5.69. The Labute approximate surface area is 273 Å². The van der Waals surface area contributed by atoms with Crippen molar-refractivity contribution in [2.24, 2.45) is 44.8 Å². The summed E-state index contributed by atoms with van der Waals surface area (Å²) in [5.41, 5.74) is -2.26. The van der Waals surface area contributed by atoms with Crippen LogP contribution < -0.4 is 4.84 Å². The van der Waals surface area contributed by atoms with Gasteiger partial charge in [0.15, 0.2) is 0 Å². The predicted octanol–water partition coefficient (Wildman–Crippen LogP) is 4.96. The number of hydrogen-bond acceptors (Lipinski definition) is 8. The third-order valence-corrected chi connectivity index (χ3v) is 15.3. The van der Waals surface area contributed by atoms with Gasteiger partial charge in [-0.2, -0.15) is 0 Å². The van der Waals surface area contributed by atoms with E-state index < -0.39 is 52.9 Å². The molecule has 2 spiro atoms. The van der Waals surface area contributed by atoms with Crippen LogP contribution in [0.3, 0.4) is 0 Å². The van der Waals surface area contributed by atoms with E-state index in [9.17, 15) is 24.9 Å². The van der Waals surface area contributed by atoms with Gasteiger partial charge in [-0.1, -0.05) is 27.7 Å². The van der Waals surface area contributed by atoms with Crippen LogP contribution in [0.5, 0.6) is 0 Å². The molecule has 0 aromatic carbocycles. The number of carbonyl (C=O) groups is 2. The first kappa shape index (κ1) is 33.9. The predicted molar refractivity (Wildman–Crippen MR) is 168 cm³/mol. The van der Waals surface area contributed by atoms with E-state index in [2.05, 4.69) is 39.5 Å². The highest BCUT2D eigenvalue weighted by Crippen LogP contribution is 2.89. The highest BCUT2D eigenvalue weighted by atomic mass is 35.5. The van der Waals surface area contributed by atoms with E-state index in [1.54, 1.807) is 13.8 Å². The second kappa shape index (κ2) is 10.5. The highest BCUT2D eigenvalue weighted by molar-refractivity contribution is 6.14. The SMILES string of the molecule is CC(C)(O)[C@@H]1CC[C@](C)([C@H]2[C@@H](O)C[C@@]3(C)C4C[C@H](O)[C@H]5C(C)(C)C(OC(=O)[C@@H](CCC(=O)O)NCl)CC[C@@]56CC46CC[C@]23C)O1. The van der Waals surface area contributed by atoms with Gasteiger partial charge in [0, 0.05) is 17.8 Å². The minimum absolute atomic E-state index is 0.0347. The van der Waals surface area contributed by atoms with Gasteiger partial charge < -0.3 is 29.9 Å². The highest BCUT2D eigenvalue weighted by Gasteiger charge is 2.85. The number of aliphatic hydroxyl groups is 3. The average Bonchev–Trinajstić information content (AvgIpc) is 3.27. The molecule has 5 aliphatic carbocycles. The molecule has 6 rings (SSSR count). The Morgan fingerprint density at radius 2 is 1.67 bits per heavy atom. The minimum atomic E-state index is -1.000. The molecule has 13 atom stereocenters. The van der Waals surface area contributed by atoms with E-state index in [1.165, 1.54) is 0 Å². The molecule has 0 bridgehead atoms. The summed E-state index contributed by atoms with van der Waals surface area (Å²) in [6, 6.07) is -0.912. The van der Waals surface area contributed by atoms with Crippen molar-refractivity contribution < 1.29 is 39.5 Å². The Morgan fingerprint density at radius 1 is 0.978 bits per heavy atom. The molecule has 6 aliphatic rings. The van der Waals surface area contributed by atoms with Gasteiger partial charge in [0.1, 0.15) is 12.1 Å². The molecule has 5 N–H and O–H groups in total. The van der Waals surface area contributed by atoms with E-state index in [0.29, 0.717) is 19.3 Å². The summed E-state index contributed by atoms with van der Waals surface area (Å²) in [5.74, 6) is -1.37. The van der Waals surface area contributed by atoms with Crippen LogP contribution in [-0.2, 0) is 19.1 Å². The van der Waals surface area contributed by atoms with Crippen LogP contribution in [0.1, 0.15) is 119 Å². The van der Waals surface area contributed by atoms with Crippen molar-refractivity contribution in [2.45, 2.75) is 161 Å². The molecule has 0 amide bonds. The van der Waals surface area contributed by atoms with Gasteiger partial charge in [-0.15, -0.1) is 0 Å². The van der Waals surface area contributed by atoms with Crippen LogP contribution in [0.25, 0.3) is 0 Å². The Morgan fingerprint density at radius 3 is 2.27 bits per heavy atom. The first-order valence-corrected chi connectivity index (χ1v) is 17.6. The summed E-state index contributed by atoms with van der Waals surface area (Å²) < 4.78 is 12.7. The van der Waals surface area contributed by atoms with Crippen molar-refractivity contribution in [1.82, 2.24) is 4.84 Å². The number of carboxylic acid groups (broad SMARTS) is 1. The molecule has 256 valence electrons. The minimum Gasteiger partial charge on any atom is -0.481 e. The molecule has 9 nitrogen and oxygen atoms in total. The van der Waals surface area contributed by atoms with Crippen molar-refractivity contribution in [2.75, 3.05) is 0 Å².